The lowest BCUT2D eigenvalue weighted by Crippen LogP contribution is -2.37. The van der Waals surface area contributed by atoms with Crippen LogP contribution in [0.25, 0.3) is 0 Å². The fraction of sp³-hybridized carbons (Fsp3) is 0.833. The number of amides is 2. The standard InChI is InChI=1S/C12H22N2O2/c1-9(15)13-11-5-3-7-12(8-4-6-11)14-10(2)16/h11-12H,3-8H2,1-2H3,(H,13,15)(H,14,16). The Labute approximate surface area is 97.2 Å². The summed E-state index contributed by atoms with van der Waals surface area (Å²) in [7, 11) is 0. The maximum Gasteiger partial charge on any atom is 0.217 e. The van der Waals surface area contributed by atoms with E-state index in [1.54, 1.807) is 13.8 Å². The number of hydrogen-bond acceptors (Lipinski definition) is 2. The highest BCUT2D eigenvalue weighted by atomic mass is 16.2. The molecule has 0 aromatic carbocycles. The van der Waals surface area contributed by atoms with Crippen molar-refractivity contribution in [3.63, 3.8) is 0 Å². The first-order valence-corrected chi connectivity index (χ1v) is 6.12. The van der Waals surface area contributed by atoms with Gasteiger partial charge in [-0.3, -0.25) is 9.59 Å². The van der Waals surface area contributed by atoms with Crippen molar-refractivity contribution in [3.8, 4) is 0 Å². The monoisotopic (exact) mass is 226 g/mol. The fourth-order valence-electron chi connectivity index (χ4n) is 2.37. The van der Waals surface area contributed by atoms with Crippen LogP contribution in [0.15, 0.2) is 0 Å². The van der Waals surface area contributed by atoms with Crippen LogP contribution in [0.5, 0.6) is 0 Å². The molecule has 92 valence electrons. The van der Waals surface area contributed by atoms with Crippen LogP contribution in [0.2, 0.25) is 0 Å². The van der Waals surface area contributed by atoms with Gasteiger partial charge in [-0.15, -0.1) is 0 Å². The SMILES string of the molecule is CC(=O)NC1CCCC(NC(C)=O)CCC1. The van der Waals surface area contributed by atoms with Crippen molar-refractivity contribution >= 4 is 11.8 Å². The number of carbonyl (C=O) groups excluding carboxylic acids is 2. The summed E-state index contributed by atoms with van der Waals surface area (Å²) < 4.78 is 0. The smallest absolute Gasteiger partial charge is 0.217 e. The van der Waals surface area contributed by atoms with E-state index in [-0.39, 0.29) is 11.8 Å². The summed E-state index contributed by atoms with van der Waals surface area (Å²) in [6.45, 7) is 3.14. The van der Waals surface area contributed by atoms with Crippen LogP contribution in [-0.4, -0.2) is 23.9 Å². The second-order valence-electron chi connectivity index (χ2n) is 4.66. The third-order valence-electron chi connectivity index (χ3n) is 3.03. The molecule has 0 atom stereocenters. The van der Waals surface area contributed by atoms with Crippen molar-refractivity contribution in [2.75, 3.05) is 0 Å². The number of hydrogen-bond donors (Lipinski definition) is 2. The molecule has 1 saturated carbocycles. The molecule has 4 heteroatoms. The van der Waals surface area contributed by atoms with E-state index in [4.69, 9.17) is 0 Å². The molecule has 0 aliphatic heterocycles. The number of nitrogens with one attached hydrogen (secondary N) is 2. The molecule has 0 aromatic heterocycles. The average Bonchev–Trinajstić information content (AvgIpc) is 2.11. The van der Waals surface area contributed by atoms with Gasteiger partial charge in [0, 0.05) is 25.9 Å². The zero-order valence-corrected chi connectivity index (χ0v) is 10.2. The van der Waals surface area contributed by atoms with Crippen LogP contribution < -0.4 is 10.6 Å². The molecule has 2 N–H and O–H groups in total. The van der Waals surface area contributed by atoms with Gasteiger partial charge in [0.15, 0.2) is 0 Å². The Morgan fingerprint density at radius 1 is 0.812 bits per heavy atom. The van der Waals surface area contributed by atoms with Crippen molar-refractivity contribution in [3.05, 3.63) is 0 Å². The Morgan fingerprint density at radius 2 is 1.12 bits per heavy atom. The van der Waals surface area contributed by atoms with E-state index >= 15 is 0 Å². The van der Waals surface area contributed by atoms with Crippen molar-refractivity contribution in [1.82, 2.24) is 10.6 Å². The number of carbonyl (C=O) groups is 2. The molecule has 0 radical (unpaired) electrons. The van der Waals surface area contributed by atoms with E-state index in [1.165, 1.54) is 0 Å². The van der Waals surface area contributed by atoms with E-state index in [2.05, 4.69) is 10.6 Å². The van der Waals surface area contributed by atoms with Gasteiger partial charge >= 0.3 is 0 Å². The summed E-state index contributed by atoms with van der Waals surface area (Å²) in [6, 6.07) is 0.659. The van der Waals surface area contributed by atoms with E-state index in [1.807, 2.05) is 0 Å². The van der Waals surface area contributed by atoms with Crippen molar-refractivity contribution in [2.45, 2.75) is 64.5 Å². The first kappa shape index (κ1) is 13.0. The zero-order valence-electron chi connectivity index (χ0n) is 10.2. The lowest BCUT2D eigenvalue weighted by molar-refractivity contribution is -0.120. The molecule has 16 heavy (non-hydrogen) atoms. The van der Waals surface area contributed by atoms with Crippen LogP contribution in [-0.2, 0) is 9.59 Å². The van der Waals surface area contributed by atoms with Gasteiger partial charge in [0.1, 0.15) is 0 Å². The molecule has 1 fully saturated rings. The van der Waals surface area contributed by atoms with E-state index in [0.717, 1.165) is 38.5 Å². The molecule has 1 aliphatic carbocycles. The summed E-state index contributed by atoms with van der Waals surface area (Å²) in [6.07, 6.45) is 6.22. The molecule has 2 amide bonds. The third kappa shape index (κ3) is 5.14. The average molecular weight is 226 g/mol. The Bertz CT molecular complexity index is 219. The van der Waals surface area contributed by atoms with Gasteiger partial charge in [0.2, 0.25) is 11.8 Å². The van der Waals surface area contributed by atoms with Gasteiger partial charge in [-0.05, 0) is 38.5 Å². The van der Waals surface area contributed by atoms with Crippen LogP contribution in [0.4, 0.5) is 0 Å². The predicted molar refractivity (Wildman–Crippen MR) is 62.9 cm³/mol. The van der Waals surface area contributed by atoms with E-state index in [0.29, 0.717) is 12.1 Å². The minimum absolute atomic E-state index is 0.0592. The summed E-state index contributed by atoms with van der Waals surface area (Å²) in [5.41, 5.74) is 0. The van der Waals surface area contributed by atoms with Gasteiger partial charge in [0.05, 0.1) is 0 Å². The number of rotatable bonds is 2. The maximum atomic E-state index is 11.0. The summed E-state index contributed by atoms with van der Waals surface area (Å²) in [5, 5.41) is 5.96. The van der Waals surface area contributed by atoms with Crippen LogP contribution in [0.3, 0.4) is 0 Å². The first-order chi connectivity index (χ1) is 7.58. The Balaban J connectivity index is 2.31. The van der Waals surface area contributed by atoms with Gasteiger partial charge in [0.25, 0.3) is 0 Å². The second kappa shape index (κ2) is 6.51. The van der Waals surface area contributed by atoms with Crippen LogP contribution in [0, 0.1) is 0 Å². The zero-order chi connectivity index (χ0) is 12.0. The quantitative estimate of drug-likeness (QED) is 0.746. The molecule has 1 rings (SSSR count). The molecule has 0 bridgehead atoms. The fourth-order valence-corrected chi connectivity index (χ4v) is 2.37. The van der Waals surface area contributed by atoms with Crippen LogP contribution >= 0.6 is 0 Å². The van der Waals surface area contributed by atoms with Crippen molar-refractivity contribution < 1.29 is 9.59 Å². The molecule has 0 unspecified atom stereocenters. The van der Waals surface area contributed by atoms with Gasteiger partial charge in [-0.2, -0.15) is 0 Å². The minimum atomic E-state index is 0.0592. The summed E-state index contributed by atoms with van der Waals surface area (Å²) in [5.74, 6) is 0.118. The highest BCUT2D eigenvalue weighted by molar-refractivity contribution is 5.73. The van der Waals surface area contributed by atoms with Crippen LogP contribution in [0.1, 0.15) is 52.4 Å². The molecule has 0 saturated heterocycles. The summed E-state index contributed by atoms with van der Waals surface area (Å²) >= 11 is 0. The molecule has 0 spiro atoms. The van der Waals surface area contributed by atoms with Gasteiger partial charge in [-0.25, -0.2) is 0 Å². The Hall–Kier alpha value is -1.06. The highest BCUT2D eigenvalue weighted by Crippen LogP contribution is 2.17. The first-order valence-electron chi connectivity index (χ1n) is 6.12. The normalized spacial score (nSPS) is 26.4. The molecule has 0 heterocycles. The van der Waals surface area contributed by atoms with Gasteiger partial charge in [-0.1, -0.05) is 0 Å². The van der Waals surface area contributed by atoms with E-state index in [9.17, 15) is 9.59 Å². The molecule has 0 aromatic rings. The molecular weight excluding hydrogens is 204 g/mol. The second-order valence-corrected chi connectivity index (χ2v) is 4.66. The predicted octanol–water partition coefficient (Wildman–Crippen LogP) is 1.35. The Morgan fingerprint density at radius 3 is 1.38 bits per heavy atom. The minimum Gasteiger partial charge on any atom is -0.354 e. The molecule has 4 nitrogen and oxygen atoms in total. The van der Waals surface area contributed by atoms with Gasteiger partial charge < -0.3 is 10.6 Å². The Kier molecular flexibility index (Phi) is 5.29. The summed E-state index contributed by atoms with van der Waals surface area (Å²) in [4.78, 5) is 21.9. The van der Waals surface area contributed by atoms with Crippen molar-refractivity contribution in [1.29, 1.82) is 0 Å². The maximum absolute atomic E-state index is 11.0. The lowest BCUT2D eigenvalue weighted by atomic mass is 9.93. The lowest BCUT2D eigenvalue weighted by Gasteiger charge is -2.25. The molecule has 1 aliphatic rings. The van der Waals surface area contributed by atoms with Crippen molar-refractivity contribution in [2.24, 2.45) is 0 Å². The highest BCUT2D eigenvalue weighted by Gasteiger charge is 2.17. The topological polar surface area (TPSA) is 58.2 Å². The van der Waals surface area contributed by atoms with E-state index < -0.39 is 0 Å². The largest absolute Gasteiger partial charge is 0.354 e. The molecular formula is C12H22N2O2. The third-order valence-corrected chi connectivity index (χ3v) is 3.03.